The van der Waals surface area contributed by atoms with Gasteiger partial charge in [-0.1, -0.05) is 30.3 Å². The number of aromatic amines is 1. The number of fused-ring (bicyclic) bond motifs is 1. The molecular weight excluding hydrogens is 436 g/mol. The Labute approximate surface area is 196 Å². The number of aromatic nitrogens is 1. The number of carboxylic acid groups (broad SMARTS) is 1. The molecule has 1 aliphatic heterocycles. The number of H-pyrrole nitrogens is 1. The van der Waals surface area contributed by atoms with Crippen LogP contribution in [0.2, 0.25) is 0 Å². The Kier molecular flexibility index (Phi) is 7.12. The summed E-state index contributed by atoms with van der Waals surface area (Å²) in [5.41, 5.74) is 2.38. The fourth-order valence-electron chi connectivity index (χ4n) is 4.25. The molecule has 6 N–H and O–H groups in total. The fraction of sp³-hybridized carbons (Fsp3) is 0.320. The average molecular weight is 465 g/mol. The molecule has 9 heteroatoms. The zero-order chi connectivity index (χ0) is 24.1. The number of hydrogen-bond donors (Lipinski definition) is 6. The summed E-state index contributed by atoms with van der Waals surface area (Å²) in [6.45, 7) is 0.735. The number of hydrogen-bond acceptors (Lipinski definition) is 5. The Morgan fingerprint density at radius 3 is 2.47 bits per heavy atom. The van der Waals surface area contributed by atoms with Crippen molar-refractivity contribution in [2.75, 3.05) is 6.54 Å². The lowest BCUT2D eigenvalue weighted by Gasteiger charge is -2.23. The highest BCUT2D eigenvalue weighted by Gasteiger charge is 2.30. The molecule has 0 spiro atoms. The van der Waals surface area contributed by atoms with Gasteiger partial charge in [0.25, 0.3) is 0 Å². The maximum atomic E-state index is 13.2. The largest absolute Gasteiger partial charge is 0.508 e. The van der Waals surface area contributed by atoms with E-state index < -0.39 is 24.0 Å². The second-order valence-electron chi connectivity index (χ2n) is 8.54. The highest BCUT2D eigenvalue weighted by Crippen LogP contribution is 2.19. The number of amides is 2. The van der Waals surface area contributed by atoms with Crippen molar-refractivity contribution in [1.82, 2.24) is 20.9 Å². The molecule has 3 aromatic rings. The van der Waals surface area contributed by atoms with Crippen LogP contribution in [0.1, 0.15) is 24.0 Å². The first kappa shape index (κ1) is 23.3. The monoisotopic (exact) mass is 464 g/mol. The number of aliphatic carboxylic acids is 1. The molecule has 4 rings (SSSR count). The number of aromatic hydroxyl groups is 1. The highest BCUT2D eigenvalue weighted by molar-refractivity contribution is 5.92. The quantitative estimate of drug-likeness (QED) is 0.283. The number of benzene rings is 2. The van der Waals surface area contributed by atoms with E-state index in [4.69, 9.17) is 0 Å². The van der Waals surface area contributed by atoms with E-state index in [-0.39, 0.29) is 30.5 Å². The van der Waals surface area contributed by atoms with Gasteiger partial charge in [-0.2, -0.15) is 0 Å². The Hall–Kier alpha value is -3.85. The minimum atomic E-state index is -1.17. The van der Waals surface area contributed by atoms with E-state index in [1.54, 1.807) is 18.3 Å². The van der Waals surface area contributed by atoms with E-state index >= 15 is 0 Å². The zero-order valence-electron chi connectivity index (χ0n) is 18.6. The van der Waals surface area contributed by atoms with Crippen LogP contribution in [0, 0.1) is 0 Å². The van der Waals surface area contributed by atoms with E-state index in [9.17, 15) is 24.6 Å². The van der Waals surface area contributed by atoms with Crippen molar-refractivity contribution in [3.63, 3.8) is 0 Å². The number of phenols is 1. The number of carboxylic acids is 1. The molecule has 2 heterocycles. The molecule has 2 aromatic carbocycles. The SMILES string of the molecule is O=C(O)C(Cc1c[nH]c2ccccc12)NC(=O)C(Cc1ccc(O)cc1)NC(=O)C1CCCN1. The highest BCUT2D eigenvalue weighted by atomic mass is 16.4. The lowest BCUT2D eigenvalue weighted by atomic mass is 10.0. The second kappa shape index (κ2) is 10.4. The second-order valence-corrected chi connectivity index (χ2v) is 8.54. The third-order valence-electron chi connectivity index (χ3n) is 6.10. The summed E-state index contributed by atoms with van der Waals surface area (Å²) in [6, 6.07) is 11.4. The average Bonchev–Trinajstić information content (AvgIpc) is 3.50. The lowest BCUT2D eigenvalue weighted by Crippen LogP contribution is -2.55. The van der Waals surface area contributed by atoms with Gasteiger partial charge in [0.2, 0.25) is 11.8 Å². The van der Waals surface area contributed by atoms with Gasteiger partial charge in [-0.15, -0.1) is 0 Å². The molecule has 1 saturated heterocycles. The topological polar surface area (TPSA) is 144 Å². The summed E-state index contributed by atoms with van der Waals surface area (Å²) in [7, 11) is 0. The van der Waals surface area contributed by atoms with Gasteiger partial charge in [-0.3, -0.25) is 9.59 Å². The van der Waals surface area contributed by atoms with Gasteiger partial charge in [0.05, 0.1) is 6.04 Å². The summed E-state index contributed by atoms with van der Waals surface area (Å²) in [5.74, 6) is -1.94. The van der Waals surface area contributed by atoms with Gasteiger partial charge in [0.15, 0.2) is 0 Å². The number of phenolic OH excluding ortho intramolecular Hbond substituents is 1. The molecular formula is C25H28N4O5. The Morgan fingerprint density at radius 1 is 1.00 bits per heavy atom. The molecule has 9 nitrogen and oxygen atoms in total. The first-order valence-electron chi connectivity index (χ1n) is 11.3. The van der Waals surface area contributed by atoms with Crippen molar-refractivity contribution < 1.29 is 24.6 Å². The maximum absolute atomic E-state index is 13.2. The molecule has 1 fully saturated rings. The van der Waals surface area contributed by atoms with Gasteiger partial charge in [-0.25, -0.2) is 4.79 Å². The summed E-state index contributed by atoms with van der Waals surface area (Å²) in [5, 5.41) is 28.7. The van der Waals surface area contributed by atoms with Crippen LogP contribution < -0.4 is 16.0 Å². The maximum Gasteiger partial charge on any atom is 0.326 e. The van der Waals surface area contributed by atoms with Crippen LogP contribution in [0.3, 0.4) is 0 Å². The van der Waals surface area contributed by atoms with Gasteiger partial charge >= 0.3 is 5.97 Å². The normalized spacial score (nSPS) is 17.2. The van der Waals surface area contributed by atoms with Crippen molar-refractivity contribution in [3.8, 4) is 5.75 Å². The standard InChI is InChI=1S/C25H28N4O5/c30-17-9-7-15(8-10-17)12-21(28-23(31)20-6-3-11-26-20)24(32)29-22(25(33)34)13-16-14-27-19-5-2-1-4-18(16)19/h1-2,4-5,7-10,14,20-22,26-27,30H,3,6,11-13H2,(H,28,31)(H,29,32)(H,33,34). The molecule has 0 radical (unpaired) electrons. The van der Waals surface area contributed by atoms with E-state index in [0.717, 1.165) is 35.0 Å². The molecule has 1 aliphatic rings. The molecule has 178 valence electrons. The third kappa shape index (κ3) is 5.55. The van der Waals surface area contributed by atoms with Crippen molar-refractivity contribution in [1.29, 1.82) is 0 Å². The Morgan fingerprint density at radius 2 is 1.76 bits per heavy atom. The van der Waals surface area contributed by atoms with E-state index in [2.05, 4.69) is 20.9 Å². The van der Waals surface area contributed by atoms with Crippen LogP contribution in [-0.4, -0.2) is 57.7 Å². The summed E-state index contributed by atoms with van der Waals surface area (Å²) < 4.78 is 0. The number of rotatable bonds is 9. The summed E-state index contributed by atoms with van der Waals surface area (Å²) in [4.78, 5) is 41.0. The van der Waals surface area contributed by atoms with Gasteiger partial charge < -0.3 is 31.1 Å². The van der Waals surface area contributed by atoms with Crippen molar-refractivity contribution in [2.45, 2.75) is 43.8 Å². The number of para-hydroxylation sites is 1. The molecule has 0 bridgehead atoms. The van der Waals surface area contributed by atoms with Crippen LogP contribution >= 0.6 is 0 Å². The van der Waals surface area contributed by atoms with Crippen molar-refractivity contribution in [3.05, 3.63) is 65.9 Å². The van der Waals surface area contributed by atoms with Crippen LogP contribution in [0.4, 0.5) is 0 Å². The predicted octanol–water partition coefficient (Wildman–Crippen LogP) is 1.46. The minimum absolute atomic E-state index is 0.0913. The number of carbonyl (C=O) groups is 3. The smallest absolute Gasteiger partial charge is 0.326 e. The lowest BCUT2D eigenvalue weighted by molar-refractivity contribution is -0.142. The minimum Gasteiger partial charge on any atom is -0.508 e. The van der Waals surface area contributed by atoms with Crippen molar-refractivity contribution >= 4 is 28.7 Å². The summed E-state index contributed by atoms with van der Waals surface area (Å²) in [6.07, 6.45) is 3.55. The van der Waals surface area contributed by atoms with Gasteiger partial charge in [0, 0.05) is 29.9 Å². The number of nitrogens with one attached hydrogen (secondary N) is 4. The van der Waals surface area contributed by atoms with Gasteiger partial charge in [-0.05, 0) is 48.7 Å². The van der Waals surface area contributed by atoms with Gasteiger partial charge in [0.1, 0.15) is 17.8 Å². The van der Waals surface area contributed by atoms with Crippen molar-refractivity contribution in [2.24, 2.45) is 0 Å². The molecule has 3 atom stereocenters. The molecule has 0 aliphatic carbocycles. The number of carbonyl (C=O) groups excluding carboxylic acids is 2. The molecule has 3 unspecified atom stereocenters. The van der Waals surface area contributed by atoms with Crippen LogP contribution in [0.15, 0.2) is 54.7 Å². The molecule has 2 amide bonds. The van der Waals surface area contributed by atoms with E-state index in [1.807, 2.05) is 24.3 Å². The van der Waals surface area contributed by atoms with E-state index in [1.165, 1.54) is 12.1 Å². The van der Waals surface area contributed by atoms with Crippen LogP contribution in [-0.2, 0) is 27.2 Å². The first-order chi connectivity index (χ1) is 16.4. The first-order valence-corrected chi connectivity index (χ1v) is 11.3. The fourth-order valence-corrected chi connectivity index (χ4v) is 4.25. The third-order valence-corrected chi connectivity index (χ3v) is 6.10. The predicted molar refractivity (Wildman–Crippen MR) is 126 cm³/mol. The van der Waals surface area contributed by atoms with Crippen LogP contribution in [0.5, 0.6) is 5.75 Å². The molecule has 34 heavy (non-hydrogen) atoms. The zero-order valence-corrected chi connectivity index (χ0v) is 18.6. The Bertz CT molecular complexity index is 1170. The summed E-state index contributed by atoms with van der Waals surface area (Å²) >= 11 is 0. The van der Waals surface area contributed by atoms with Crippen LogP contribution in [0.25, 0.3) is 10.9 Å². The molecule has 0 saturated carbocycles. The Balaban J connectivity index is 1.51. The van der Waals surface area contributed by atoms with E-state index in [0.29, 0.717) is 6.42 Å². The molecule has 1 aromatic heterocycles.